The number of allylic oxidation sites excluding steroid dienone is 1. The summed E-state index contributed by atoms with van der Waals surface area (Å²) in [6.45, 7) is 1.73. The lowest BCUT2D eigenvalue weighted by Gasteiger charge is -2.71. The van der Waals surface area contributed by atoms with Gasteiger partial charge in [-0.3, -0.25) is 9.59 Å². The fraction of sp³-hybridized carbons (Fsp3) is 0.407. The number of carbonyl (C=O) groups excluding carboxylic acids is 2. The summed E-state index contributed by atoms with van der Waals surface area (Å²) in [6, 6.07) is 4.82. The van der Waals surface area contributed by atoms with E-state index in [-0.39, 0.29) is 57.3 Å². The van der Waals surface area contributed by atoms with Gasteiger partial charge in [0, 0.05) is 29.9 Å². The van der Waals surface area contributed by atoms with Gasteiger partial charge in [0.15, 0.2) is 27.3 Å². The highest BCUT2D eigenvalue weighted by Crippen LogP contribution is 2.76. The molecule has 1 spiro atoms. The second-order valence-corrected chi connectivity index (χ2v) is 13.1. The van der Waals surface area contributed by atoms with Crippen LogP contribution in [0.25, 0.3) is 0 Å². The predicted molar refractivity (Wildman–Crippen MR) is 137 cm³/mol. The number of hydrogen-bond acceptors (Lipinski definition) is 5. The van der Waals surface area contributed by atoms with Crippen molar-refractivity contribution >= 4 is 38.9 Å². The van der Waals surface area contributed by atoms with Gasteiger partial charge in [-0.25, -0.2) is 21.6 Å². The van der Waals surface area contributed by atoms with Crippen molar-refractivity contribution in [3.05, 3.63) is 70.5 Å². The minimum Gasteiger partial charge on any atom is -0.387 e. The molecule has 3 N–H and O–H groups in total. The lowest BCUT2D eigenvalue weighted by atomic mass is 9.36. The molecule has 2 amide bonds. The van der Waals surface area contributed by atoms with Gasteiger partial charge in [0.1, 0.15) is 0 Å². The van der Waals surface area contributed by atoms with Crippen molar-refractivity contribution in [3.63, 3.8) is 0 Å². The zero-order valence-electron chi connectivity index (χ0n) is 20.8. The van der Waals surface area contributed by atoms with Gasteiger partial charge in [-0.05, 0) is 74.1 Å². The summed E-state index contributed by atoms with van der Waals surface area (Å²) >= 11 is 6.26. The Hall–Kier alpha value is -2.89. The largest absolute Gasteiger partial charge is 0.387 e. The van der Waals surface area contributed by atoms with Gasteiger partial charge in [-0.1, -0.05) is 17.7 Å². The van der Waals surface area contributed by atoms with E-state index in [9.17, 15) is 36.3 Å². The number of rotatable bonds is 7. The minimum absolute atomic E-state index is 0.0288. The molecule has 0 aliphatic heterocycles. The molecule has 0 bridgehead atoms. The third kappa shape index (κ3) is 4.35. The van der Waals surface area contributed by atoms with Crippen molar-refractivity contribution in [3.8, 4) is 0 Å². The van der Waals surface area contributed by atoms with Crippen LogP contribution >= 0.6 is 11.6 Å². The molecule has 208 valence electrons. The van der Waals surface area contributed by atoms with E-state index in [2.05, 4.69) is 10.6 Å². The zero-order chi connectivity index (χ0) is 28.3. The molecule has 3 aliphatic rings. The van der Waals surface area contributed by atoms with Crippen LogP contribution in [0.4, 0.5) is 18.9 Å². The molecule has 3 unspecified atom stereocenters. The van der Waals surface area contributed by atoms with Crippen molar-refractivity contribution in [2.45, 2.75) is 48.4 Å². The smallest absolute Gasteiger partial charge is 0.255 e. The van der Waals surface area contributed by atoms with E-state index in [0.717, 1.165) is 18.9 Å². The molecule has 2 aromatic carbocycles. The van der Waals surface area contributed by atoms with Crippen LogP contribution in [0.5, 0.6) is 0 Å². The second kappa shape index (κ2) is 9.64. The number of anilines is 1. The SMILES string of the molecule is C/C=C/C(=O)NC[C@]1(O)C2CCC23C[C@H](S(=O)(=O)c2cc(C(=O)Nc4cc(F)c(F)c(F)c4)ccc2Cl)CC31. The Labute approximate surface area is 228 Å². The van der Waals surface area contributed by atoms with Crippen molar-refractivity contribution < 1.29 is 36.3 Å². The standard InChI is InChI=1S/C27H26ClF3N2O5S/c1-2-3-23(34)32-13-27(36)21-6-7-26(21)12-16(11-22(26)27)39(37,38)20-8-14(4-5-17(20)28)25(35)33-15-9-18(29)24(31)19(30)10-15/h2-5,8-10,16,21-22,36H,6-7,11-13H2,1H3,(H,32,34)(H,33,35)/b3-2+/t16-,21?,22?,26?,27+/m1/s1. The fourth-order valence-electron chi connectivity index (χ4n) is 6.86. The van der Waals surface area contributed by atoms with Crippen LogP contribution in [0, 0.1) is 34.7 Å². The van der Waals surface area contributed by atoms with Crippen LogP contribution in [-0.4, -0.2) is 42.7 Å². The Morgan fingerprint density at radius 1 is 1.15 bits per heavy atom. The Balaban J connectivity index is 1.36. The lowest BCUT2D eigenvalue weighted by molar-refractivity contribution is -0.288. The van der Waals surface area contributed by atoms with Crippen LogP contribution in [0.15, 0.2) is 47.4 Å². The molecule has 0 saturated heterocycles. The summed E-state index contributed by atoms with van der Waals surface area (Å²) in [5, 5.41) is 15.4. The van der Waals surface area contributed by atoms with Crippen LogP contribution in [0.3, 0.4) is 0 Å². The molecule has 0 radical (unpaired) electrons. The summed E-state index contributed by atoms with van der Waals surface area (Å²) in [4.78, 5) is 24.4. The highest BCUT2D eigenvalue weighted by Gasteiger charge is 2.77. The minimum atomic E-state index is -4.05. The highest BCUT2D eigenvalue weighted by atomic mass is 35.5. The molecule has 3 saturated carbocycles. The van der Waals surface area contributed by atoms with E-state index in [0.29, 0.717) is 18.6 Å². The number of hydrogen-bond donors (Lipinski definition) is 3. The molecule has 3 aliphatic carbocycles. The highest BCUT2D eigenvalue weighted by molar-refractivity contribution is 7.92. The van der Waals surface area contributed by atoms with Crippen molar-refractivity contribution in [1.29, 1.82) is 0 Å². The van der Waals surface area contributed by atoms with Gasteiger partial charge in [-0.2, -0.15) is 0 Å². The number of carbonyl (C=O) groups is 2. The zero-order valence-corrected chi connectivity index (χ0v) is 22.4. The summed E-state index contributed by atoms with van der Waals surface area (Å²) in [5.41, 5.74) is -2.01. The van der Waals surface area contributed by atoms with Gasteiger partial charge in [0.25, 0.3) is 5.91 Å². The molecule has 2 aromatic rings. The topological polar surface area (TPSA) is 113 Å². The molecule has 12 heteroatoms. The first kappa shape index (κ1) is 27.7. The molecule has 0 aromatic heterocycles. The maximum absolute atomic E-state index is 13.8. The number of sulfone groups is 1. The Bertz CT molecular complexity index is 1490. The predicted octanol–water partition coefficient (Wildman–Crippen LogP) is 4.40. The summed E-state index contributed by atoms with van der Waals surface area (Å²) in [6.07, 6.45) is 4.96. The maximum atomic E-state index is 13.8. The second-order valence-electron chi connectivity index (χ2n) is 10.5. The molecule has 39 heavy (non-hydrogen) atoms. The summed E-state index contributed by atoms with van der Waals surface area (Å²) < 4.78 is 67.8. The average molecular weight is 583 g/mol. The normalized spacial score (nSPS) is 29.2. The molecule has 5 rings (SSSR count). The van der Waals surface area contributed by atoms with Gasteiger partial charge in [0.05, 0.1) is 20.8 Å². The molecular weight excluding hydrogens is 557 g/mol. The monoisotopic (exact) mass is 582 g/mol. The van der Waals surface area contributed by atoms with E-state index < -0.39 is 44.0 Å². The van der Waals surface area contributed by atoms with E-state index in [1.807, 2.05) is 0 Å². The van der Waals surface area contributed by atoms with Crippen molar-refractivity contribution in [2.75, 3.05) is 11.9 Å². The maximum Gasteiger partial charge on any atom is 0.255 e. The summed E-state index contributed by atoms with van der Waals surface area (Å²) in [7, 11) is -4.05. The number of halogens is 4. The quantitative estimate of drug-likeness (QED) is 0.331. The van der Waals surface area contributed by atoms with Crippen LogP contribution < -0.4 is 10.6 Å². The van der Waals surface area contributed by atoms with E-state index in [1.54, 1.807) is 13.0 Å². The number of nitrogens with one attached hydrogen (secondary N) is 2. The first-order chi connectivity index (χ1) is 18.3. The van der Waals surface area contributed by atoms with Gasteiger partial charge >= 0.3 is 0 Å². The Morgan fingerprint density at radius 2 is 1.85 bits per heavy atom. The Kier molecular flexibility index (Phi) is 6.84. The fourth-order valence-corrected chi connectivity index (χ4v) is 9.26. The van der Waals surface area contributed by atoms with Gasteiger partial charge in [-0.15, -0.1) is 0 Å². The first-order valence-electron chi connectivity index (χ1n) is 12.5. The Morgan fingerprint density at radius 3 is 2.46 bits per heavy atom. The molecule has 5 atom stereocenters. The summed E-state index contributed by atoms with van der Waals surface area (Å²) in [5.74, 6) is -6.31. The molecular formula is C27H26ClF3N2O5S. The van der Waals surface area contributed by atoms with Crippen LogP contribution in [0.2, 0.25) is 5.02 Å². The molecule has 3 fully saturated rings. The van der Waals surface area contributed by atoms with Crippen molar-refractivity contribution in [1.82, 2.24) is 5.32 Å². The average Bonchev–Trinajstić information content (AvgIpc) is 3.29. The number of aliphatic hydroxyl groups is 1. The van der Waals surface area contributed by atoms with E-state index in [4.69, 9.17) is 11.6 Å². The molecule has 0 heterocycles. The lowest BCUT2D eigenvalue weighted by Crippen LogP contribution is -2.75. The third-order valence-electron chi connectivity index (χ3n) is 8.64. The first-order valence-corrected chi connectivity index (χ1v) is 14.4. The van der Waals surface area contributed by atoms with Crippen LogP contribution in [-0.2, 0) is 14.6 Å². The number of benzene rings is 2. The van der Waals surface area contributed by atoms with Crippen LogP contribution in [0.1, 0.15) is 43.0 Å². The van der Waals surface area contributed by atoms with Crippen molar-refractivity contribution in [2.24, 2.45) is 17.3 Å². The van der Waals surface area contributed by atoms with Gasteiger partial charge < -0.3 is 15.7 Å². The third-order valence-corrected chi connectivity index (χ3v) is 11.3. The number of amides is 2. The molecule has 7 nitrogen and oxygen atoms in total. The van der Waals surface area contributed by atoms with E-state index >= 15 is 0 Å². The van der Waals surface area contributed by atoms with E-state index in [1.165, 1.54) is 18.2 Å². The van der Waals surface area contributed by atoms with Gasteiger partial charge in [0.2, 0.25) is 5.91 Å².